The summed E-state index contributed by atoms with van der Waals surface area (Å²) in [6.07, 6.45) is 0. The first-order valence-electron chi connectivity index (χ1n) is 8.76. The van der Waals surface area contributed by atoms with Crippen LogP contribution in [0.4, 0.5) is 4.39 Å². The number of imidazole rings is 1. The Bertz CT molecular complexity index is 929. The van der Waals surface area contributed by atoms with Crippen LogP contribution in [-0.2, 0) is 20.1 Å². The Balaban J connectivity index is 1.71. The molecule has 1 aromatic heterocycles. The van der Waals surface area contributed by atoms with Gasteiger partial charge in [0.2, 0.25) is 0 Å². The highest BCUT2D eigenvalue weighted by molar-refractivity contribution is 5.80. The highest BCUT2D eigenvalue weighted by Crippen LogP contribution is 2.14. The number of nitrogens with zero attached hydrogens (tertiary/aromatic N) is 3. The summed E-state index contributed by atoms with van der Waals surface area (Å²) < 4.78 is 15.5. The van der Waals surface area contributed by atoms with Gasteiger partial charge in [-0.1, -0.05) is 24.3 Å². The van der Waals surface area contributed by atoms with E-state index in [9.17, 15) is 4.39 Å². The van der Waals surface area contributed by atoms with Crippen molar-refractivity contribution in [2.24, 2.45) is 12.0 Å². The first-order chi connectivity index (χ1) is 12.6. The fraction of sp³-hybridized carbons (Fsp3) is 0.300. The third kappa shape index (κ3) is 4.02. The van der Waals surface area contributed by atoms with Gasteiger partial charge in [0.1, 0.15) is 11.6 Å². The molecule has 3 rings (SSSR count). The molecule has 2 N–H and O–H groups in total. The Labute approximate surface area is 153 Å². The summed E-state index contributed by atoms with van der Waals surface area (Å²) in [5, 5.41) is 6.55. The number of aliphatic imine (C=N–C) groups is 1. The number of hydrogen-bond donors (Lipinski definition) is 2. The van der Waals surface area contributed by atoms with Gasteiger partial charge in [-0.3, -0.25) is 0 Å². The lowest BCUT2D eigenvalue weighted by molar-refractivity contribution is 0.617. The molecule has 0 aliphatic carbocycles. The van der Waals surface area contributed by atoms with Gasteiger partial charge in [-0.05, 0) is 43.2 Å². The van der Waals surface area contributed by atoms with Crippen molar-refractivity contribution in [3.8, 4) is 0 Å². The van der Waals surface area contributed by atoms with Gasteiger partial charge >= 0.3 is 0 Å². The van der Waals surface area contributed by atoms with Crippen LogP contribution in [0.15, 0.2) is 47.5 Å². The number of halogens is 1. The molecule has 0 fully saturated rings. The molecule has 5 nitrogen and oxygen atoms in total. The van der Waals surface area contributed by atoms with Gasteiger partial charge in [0.05, 0.1) is 24.1 Å². The number of para-hydroxylation sites is 2. The van der Waals surface area contributed by atoms with E-state index in [4.69, 9.17) is 0 Å². The Kier molecular flexibility index (Phi) is 5.51. The largest absolute Gasteiger partial charge is 0.357 e. The summed E-state index contributed by atoms with van der Waals surface area (Å²) >= 11 is 0. The van der Waals surface area contributed by atoms with Gasteiger partial charge in [0.25, 0.3) is 0 Å². The second-order valence-electron chi connectivity index (χ2n) is 6.21. The predicted molar refractivity (Wildman–Crippen MR) is 104 cm³/mol. The van der Waals surface area contributed by atoms with Crippen LogP contribution in [-0.4, -0.2) is 22.1 Å². The fourth-order valence-corrected chi connectivity index (χ4v) is 2.83. The third-order valence-corrected chi connectivity index (χ3v) is 4.28. The van der Waals surface area contributed by atoms with Gasteiger partial charge in [-0.15, -0.1) is 0 Å². The normalized spacial score (nSPS) is 11.8. The number of nitrogens with one attached hydrogen (secondary N) is 2. The lowest BCUT2D eigenvalue weighted by atomic mass is 10.1. The third-order valence-electron chi connectivity index (χ3n) is 4.28. The van der Waals surface area contributed by atoms with Gasteiger partial charge in [0, 0.05) is 13.6 Å². The quantitative estimate of drug-likeness (QED) is 0.547. The van der Waals surface area contributed by atoms with Crippen molar-refractivity contribution in [1.82, 2.24) is 20.2 Å². The average molecular weight is 353 g/mol. The maximum Gasteiger partial charge on any atom is 0.191 e. The van der Waals surface area contributed by atoms with Gasteiger partial charge in [0.15, 0.2) is 5.96 Å². The summed E-state index contributed by atoms with van der Waals surface area (Å²) in [4.78, 5) is 9.25. The number of rotatable bonds is 5. The molecule has 0 amide bonds. The molecule has 0 radical (unpaired) electrons. The Hall–Kier alpha value is -2.89. The number of guanidine groups is 1. The minimum atomic E-state index is -0.190. The van der Waals surface area contributed by atoms with E-state index in [2.05, 4.69) is 31.2 Å². The van der Waals surface area contributed by atoms with Crippen molar-refractivity contribution in [3.05, 3.63) is 65.2 Å². The minimum absolute atomic E-state index is 0.190. The second kappa shape index (κ2) is 7.99. The predicted octanol–water partition coefficient (Wildman–Crippen LogP) is 3.28. The summed E-state index contributed by atoms with van der Waals surface area (Å²) in [5.74, 6) is 1.46. The van der Waals surface area contributed by atoms with Crippen LogP contribution in [0.1, 0.15) is 23.9 Å². The van der Waals surface area contributed by atoms with Crippen molar-refractivity contribution < 1.29 is 4.39 Å². The topological polar surface area (TPSA) is 54.2 Å². The molecule has 0 saturated heterocycles. The molecule has 26 heavy (non-hydrogen) atoms. The number of benzene rings is 2. The molecule has 0 unspecified atom stereocenters. The Morgan fingerprint density at radius 2 is 2.00 bits per heavy atom. The molecule has 1 heterocycles. The molecule has 0 bridgehead atoms. The number of aromatic nitrogens is 2. The lowest BCUT2D eigenvalue weighted by Crippen LogP contribution is -2.37. The molecular weight excluding hydrogens is 329 g/mol. The Morgan fingerprint density at radius 3 is 2.73 bits per heavy atom. The lowest BCUT2D eigenvalue weighted by Gasteiger charge is -2.11. The van der Waals surface area contributed by atoms with Crippen LogP contribution in [0.25, 0.3) is 11.0 Å². The van der Waals surface area contributed by atoms with E-state index in [-0.39, 0.29) is 5.82 Å². The van der Waals surface area contributed by atoms with Gasteiger partial charge < -0.3 is 15.2 Å². The first-order valence-corrected chi connectivity index (χ1v) is 8.76. The van der Waals surface area contributed by atoms with Crippen molar-refractivity contribution in [2.45, 2.75) is 26.9 Å². The van der Waals surface area contributed by atoms with Crippen LogP contribution in [0.3, 0.4) is 0 Å². The average Bonchev–Trinajstić information content (AvgIpc) is 2.96. The molecule has 0 atom stereocenters. The van der Waals surface area contributed by atoms with Crippen LogP contribution in [0.2, 0.25) is 0 Å². The summed E-state index contributed by atoms with van der Waals surface area (Å²) in [6.45, 7) is 5.60. The zero-order valence-corrected chi connectivity index (χ0v) is 15.4. The number of hydrogen-bond acceptors (Lipinski definition) is 2. The van der Waals surface area contributed by atoms with Crippen molar-refractivity contribution >= 4 is 17.0 Å². The molecule has 136 valence electrons. The van der Waals surface area contributed by atoms with Crippen molar-refractivity contribution in [2.75, 3.05) is 6.54 Å². The van der Waals surface area contributed by atoms with Crippen LogP contribution < -0.4 is 10.6 Å². The molecule has 3 aromatic rings. The fourth-order valence-electron chi connectivity index (χ4n) is 2.83. The maximum absolute atomic E-state index is 13.4. The van der Waals surface area contributed by atoms with Crippen molar-refractivity contribution in [1.29, 1.82) is 0 Å². The van der Waals surface area contributed by atoms with E-state index >= 15 is 0 Å². The van der Waals surface area contributed by atoms with E-state index in [0.717, 1.165) is 29.0 Å². The van der Waals surface area contributed by atoms with E-state index in [1.165, 1.54) is 6.07 Å². The van der Waals surface area contributed by atoms with Crippen molar-refractivity contribution in [3.63, 3.8) is 0 Å². The van der Waals surface area contributed by atoms with E-state index in [0.29, 0.717) is 24.6 Å². The zero-order chi connectivity index (χ0) is 18.5. The zero-order valence-electron chi connectivity index (χ0n) is 15.4. The van der Waals surface area contributed by atoms with E-state index < -0.39 is 0 Å². The van der Waals surface area contributed by atoms with Crippen LogP contribution >= 0.6 is 0 Å². The monoisotopic (exact) mass is 353 g/mol. The highest BCUT2D eigenvalue weighted by atomic mass is 19.1. The van der Waals surface area contributed by atoms with E-state index in [1.807, 2.05) is 38.2 Å². The maximum atomic E-state index is 13.4. The molecule has 0 saturated carbocycles. The molecule has 2 aromatic carbocycles. The summed E-state index contributed by atoms with van der Waals surface area (Å²) in [7, 11) is 2.01. The molecule has 0 spiro atoms. The molecule has 6 heteroatoms. The van der Waals surface area contributed by atoms with Gasteiger partial charge in [-0.25, -0.2) is 14.4 Å². The molecule has 0 aliphatic heterocycles. The van der Waals surface area contributed by atoms with Gasteiger partial charge in [-0.2, -0.15) is 0 Å². The summed E-state index contributed by atoms with van der Waals surface area (Å²) in [6, 6.07) is 13.1. The van der Waals surface area contributed by atoms with Crippen LogP contribution in [0, 0.1) is 12.7 Å². The Morgan fingerprint density at radius 1 is 1.19 bits per heavy atom. The smallest absolute Gasteiger partial charge is 0.191 e. The molecular formula is C20H24FN5. The summed E-state index contributed by atoms with van der Waals surface area (Å²) in [5.41, 5.74) is 3.70. The van der Waals surface area contributed by atoms with Crippen LogP contribution in [0.5, 0.6) is 0 Å². The number of aryl methyl sites for hydroxylation is 2. The SMILES string of the molecule is CCNC(=NCc1ccc(F)c(C)c1)NCc1nc2ccccc2n1C. The highest BCUT2D eigenvalue weighted by Gasteiger charge is 2.08. The second-order valence-corrected chi connectivity index (χ2v) is 6.21. The number of fused-ring (bicyclic) bond motifs is 1. The first kappa shape index (κ1) is 17.9. The molecule has 0 aliphatic rings. The van der Waals surface area contributed by atoms with E-state index in [1.54, 1.807) is 13.0 Å². The minimum Gasteiger partial charge on any atom is -0.357 e. The standard InChI is InChI=1S/C20H24FN5/c1-4-22-20(23-12-15-9-10-16(21)14(2)11-15)24-13-19-25-17-7-5-6-8-18(17)26(19)3/h5-11H,4,12-13H2,1-3H3,(H2,22,23,24).